The highest BCUT2D eigenvalue weighted by Crippen LogP contribution is 2.31. The fourth-order valence-electron chi connectivity index (χ4n) is 4.63. The maximum atomic E-state index is 5.11. The molecule has 0 amide bonds. The number of hydrogen-bond donors (Lipinski definition) is 0. The summed E-state index contributed by atoms with van der Waals surface area (Å²) in [6.45, 7) is 12.1. The van der Waals surface area contributed by atoms with Crippen molar-refractivity contribution in [3.8, 4) is 11.3 Å². The highest BCUT2D eigenvalue weighted by Gasteiger charge is 2.19. The first-order valence-electron chi connectivity index (χ1n) is 11.3. The van der Waals surface area contributed by atoms with Gasteiger partial charge in [-0.15, -0.1) is 0 Å². The van der Waals surface area contributed by atoms with Gasteiger partial charge in [-0.1, -0.05) is 69.3 Å². The van der Waals surface area contributed by atoms with Crippen molar-refractivity contribution in [1.29, 1.82) is 0 Å². The van der Waals surface area contributed by atoms with E-state index < -0.39 is 0 Å². The zero-order valence-corrected chi connectivity index (χ0v) is 19.5. The van der Waals surface area contributed by atoms with Crippen LogP contribution in [0.2, 0.25) is 0 Å². The third-order valence-electron chi connectivity index (χ3n) is 6.32. The lowest BCUT2D eigenvalue weighted by molar-refractivity contribution is 0.229. The number of rotatable bonds is 8. The Hall–Kier alpha value is -2.45. The highest BCUT2D eigenvalue weighted by molar-refractivity contribution is 5.69. The lowest BCUT2D eigenvalue weighted by atomic mass is 9.93. The average Bonchev–Trinajstić information content (AvgIpc) is 2.76. The van der Waals surface area contributed by atoms with E-state index in [0.717, 1.165) is 37.2 Å². The van der Waals surface area contributed by atoms with Crippen molar-refractivity contribution in [2.24, 2.45) is 0 Å². The molecule has 3 rings (SSSR count). The molecule has 1 heterocycles. The second-order valence-corrected chi connectivity index (χ2v) is 8.30. The van der Waals surface area contributed by atoms with Crippen LogP contribution in [0, 0.1) is 13.8 Å². The van der Waals surface area contributed by atoms with Gasteiger partial charge in [-0.05, 0) is 74.0 Å². The second kappa shape index (κ2) is 10.0. The van der Waals surface area contributed by atoms with Crippen LogP contribution in [0.25, 0.3) is 11.3 Å². The summed E-state index contributed by atoms with van der Waals surface area (Å²) in [5, 5.41) is 0. The van der Waals surface area contributed by atoms with Gasteiger partial charge in [-0.3, -0.25) is 9.88 Å². The van der Waals surface area contributed by atoms with E-state index in [4.69, 9.17) is 4.98 Å². The van der Waals surface area contributed by atoms with Crippen LogP contribution in [0.15, 0.2) is 54.6 Å². The fraction of sp³-hybridized carbons (Fsp3) is 0.393. The van der Waals surface area contributed by atoms with Gasteiger partial charge >= 0.3 is 0 Å². The van der Waals surface area contributed by atoms with Crippen LogP contribution in [-0.2, 0) is 19.4 Å². The van der Waals surface area contributed by atoms with Crippen molar-refractivity contribution in [3.05, 3.63) is 88.1 Å². The summed E-state index contributed by atoms with van der Waals surface area (Å²) in [6, 6.07) is 20.2. The molecule has 3 aromatic rings. The third kappa shape index (κ3) is 4.65. The van der Waals surface area contributed by atoms with E-state index in [1.54, 1.807) is 0 Å². The van der Waals surface area contributed by atoms with E-state index in [1.807, 2.05) is 0 Å². The molecule has 30 heavy (non-hydrogen) atoms. The molecule has 2 heteroatoms. The molecule has 0 radical (unpaired) electrons. The molecule has 0 spiro atoms. The normalized spacial score (nSPS) is 12.4. The number of benzene rings is 2. The van der Waals surface area contributed by atoms with E-state index in [1.165, 1.54) is 33.4 Å². The number of nitrogens with zero attached hydrogens (tertiary/aromatic N) is 2. The topological polar surface area (TPSA) is 16.1 Å². The van der Waals surface area contributed by atoms with Gasteiger partial charge in [-0.2, -0.15) is 0 Å². The molecule has 2 aromatic carbocycles. The van der Waals surface area contributed by atoms with Gasteiger partial charge in [-0.25, -0.2) is 0 Å². The van der Waals surface area contributed by atoms with Crippen molar-refractivity contribution < 1.29 is 0 Å². The average molecular weight is 401 g/mol. The van der Waals surface area contributed by atoms with Gasteiger partial charge in [0, 0.05) is 23.8 Å². The lowest BCUT2D eigenvalue weighted by Gasteiger charge is -2.29. The molecule has 0 aliphatic carbocycles. The first kappa shape index (κ1) is 22.2. The molecular formula is C28H36N2. The van der Waals surface area contributed by atoms with Gasteiger partial charge < -0.3 is 0 Å². The molecule has 2 nitrogen and oxygen atoms in total. The van der Waals surface area contributed by atoms with Crippen LogP contribution in [0.5, 0.6) is 0 Å². The van der Waals surface area contributed by atoms with E-state index in [-0.39, 0.29) is 0 Å². The molecule has 0 N–H and O–H groups in total. The molecule has 1 atom stereocenters. The minimum absolute atomic E-state index is 0.414. The first-order chi connectivity index (χ1) is 14.5. The fourth-order valence-corrected chi connectivity index (χ4v) is 4.63. The summed E-state index contributed by atoms with van der Waals surface area (Å²) < 4.78 is 0. The maximum Gasteiger partial charge on any atom is 0.0713 e. The maximum absolute atomic E-state index is 5.11. The number of aromatic nitrogens is 1. The Balaban J connectivity index is 1.95. The standard InChI is InChI=1S/C28H36N2/c1-7-22-16-13-17-23(8-2)28(22)26-18-20(4)25(21(5)29-26)19-30(6)27(9-3)24-14-11-10-12-15-24/h10-18,27H,7-9,19H2,1-6H3. The quantitative estimate of drug-likeness (QED) is 0.402. The molecule has 0 saturated carbocycles. The summed E-state index contributed by atoms with van der Waals surface area (Å²) >= 11 is 0. The number of hydrogen-bond acceptors (Lipinski definition) is 2. The molecule has 0 fully saturated rings. The smallest absolute Gasteiger partial charge is 0.0713 e. The molecule has 0 aliphatic heterocycles. The lowest BCUT2D eigenvalue weighted by Crippen LogP contribution is -2.25. The zero-order chi connectivity index (χ0) is 21.7. The van der Waals surface area contributed by atoms with Gasteiger partial charge in [0.2, 0.25) is 0 Å². The number of pyridine rings is 1. The largest absolute Gasteiger partial charge is 0.295 e. The molecule has 158 valence electrons. The van der Waals surface area contributed by atoms with E-state index in [0.29, 0.717) is 6.04 Å². The molecule has 0 saturated heterocycles. The van der Waals surface area contributed by atoms with Gasteiger partial charge in [0.15, 0.2) is 0 Å². The van der Waals surface area contributed by atoms with Crippen molar-refractivity contribution in [3.63, 3.8) is 0 Å². The molecule has 0 bridgehead atoms. The van der Waals surface area contributed by atoms with Crippen LogP contribution in [0.3, 0.4) is 0 Å². The predicted molar refractivity (Wildman–Crippen MR) is 129 cm³/mol. The second-order valence-electron chi connectivity index (χ2n) is 8.30. The van der Waals surface area contributed by atoms with Crippen LogP contribution in [-0.4, -0.2) is 16.9 Å². The van der Waals surface area contributed by atoms with E-state index in [9.17, 15) is 0 Å². The van der Waals surface area contributed by atoms with Crippen LogP contribution in [0.4, 0.5) is 0 Å². The minimum Gasteiger partial charge on any atom is -0.295 e. The Bertz CT molecular complexity index is 930. The van der Waals surface area contributed by atoms with Gasteiger partial charge in [0.05, 0.1) is 5.69 Å². The van der Waals surface area contributed by atoms with Crippen molar-refractivity contribution in [2.75, 3.05) is 7.05 Å². The summed E-state index contributed by atoms with van der Waals surface area (Å²) in [6.07, 6.45) is 3.15. The van der Waals surface area contributed by atoms with Crippen LogP contribution < -0.4 is 0 Å². The van der Waals surface area contributed by atoms with Gasteiger partial charge in [0.1, 0.15) is 0 Å². The van der Waals surface area contributed by atoms with Crippen molar-refractivity contribution >= 4 is 0 Å². The van der Waals surface area contributed by atoms with Crippen molar-refractivity contribution in [2.45, 2.75) is 66.5 Å². The predicted octanol–water partition coefficient (Wildman–Crippen LogP) is 7.07. The van der Waals surface area contributed by atoms with E-state index in [2.05, 4.69) is 101 Å². The van der Waals surface area contributed by atoms with Crippen LogP contribution >= 0.6 is 0 Å². The molecule has 0 aliphatic rings. The Kier molecular flexibility index (Phi) is 7.44. The Morgan fingerprint density at radius 3 is 2.03 bits per heavy atom. The highest BCUT2D eigenvalue weighted by atomic mass is 15.1. The third-order valence-corrected chi connectivity index (χ3v) is 6.32. The first-order valence-corrected chi connectivity index (χ1v) is 11.3. The minimum atomic E-state index is 0.414. The summed E-state index contributed by atoms with van der Waals surface area (Å²) in [5.41, 5.74) is 10.5. The molecular weight excluding hydrogens is 364 g/mol. The molecule has 1 aromatic heterocycles. The zero-order valence-electron chi connectivity index (χ0n) is 19.5. The Morgan fingerprint density at radius 2 is 1.50 bits per heavy atom. The SMILES string of the molecule is CCc1cccc(CC)c1-c1cc(C)c(CN(C)C(CC)c2ccccc2)c(C)n1. The summed E-state index contributed by atoms with van der Waals surface area (Å²) in [4.78, 5) is 7.57. The summed E-state index contributed by atoms with van der Waals surface area (Å²) in [5.74, 6) is 0. The van der Waals surface area contributed by atoms with E-state index >= 15 is 0 Å². The summed E-state index contributed by atoms with van der Waals surface area (Å²) in [7, 11) is 2.23. The van der Waals surface area contributed by atoms with Crippen molar-refractivity contribution in [1.82, 2.24) is 9.88 Å². The Labute approximate surface area is 183 Å². The van der Waals surface area contributed by atoms with Crippen LogP contribution in [0.1, 0.15) is 66.7 Å². The monoisotopic (exact) mass is 400 g/mol. The van der Waals surface area contributed by atoms with Gasteiger partial charge in [0.25, 0.3) is 0 Å². The number of aryl methyl sites for hydroxylation is 4. The molecule has 1 unspecified atom stereocenters. The Morgan fingerprint density at radius 1 is 0.867 bits per heavy atom.